The van der Waals surface area contributed by atoms with E-state index in [1.807, 2.05) is 0 Å². The molecule has 2 heterocycles. The van der Waals surface area contributed by atoms with Gasteiger partial charge >= 0.3 is 13.2 Å². The largest absolute Gasteiger partial charge is 0.431 e. The van der Waals surface area contributed by atoms with E-state index in [9.17, 15) is 22.7 Å². The summed E-state index contributed by atoms with van der Waals surface area (Å²) in [5, 5.41) is 10.7. The maximum absolute atomic E-state index is 12.5. The molecule has 11 heteroatoms. The summed E-state index contributed by atoms with van der Waals surface area (Å²) in [6, 6.07) is 3.28. The van der Waals surface area contributed by atoms with Gasteiger partial charge in [-0.15, -0.1) is 11.3 Å². The number of alkyl halides is 4. The number of rotatable bonds is 7. The first-order valence-electron chi connectivity index (χ1n) is 7.84. The van der Waals surface area contributed by atoms with Crippen LogP contribution in [0.2, 0.25) is 0 Å². The van der Waals surface area contributed by atoms with Crippen LogP contribution in [0.5, 0.6) is 11.5 Å². The third-order valence-electron chi connectivity index (χ3n) is 3.55. The molecule has 1 aromatic carbocycles. The molecule has 1 N–H and O–H groups in total. The molecule has 0 bridgehead atoms. The van der Waals surface area contributed by atoms with Gasteiger partial charge in [0, 0.05) is 6.20 Å². The second kappa shape index (κ2) is 8.83. The van der Waals surface area contributed by atoms with Gasteiger partial charge in [0.25, 0.3) is 0 Å². The fourth-order valence-corrected chi connectivity index (χ4v) is 3.34. The van der Waals surface area contributed by atoms with Crippen LogP contribution in [0.1, 0.15) is 34.3 Å². The molecule has 1 aliphatic heterocycles. The lowest BCUT2D eigenvalue weighted by atomic mass is 10.1. The molecule has 3 rings (SSSR count). The van der Waals surface area contributed by atoms with Crippen molar-refractivity contribution in [3.63, 3.8) is 0 Å². The van der Waals surface area contributed by atoms with Crippen molar-refractivity contribution in [2.24, 2.45) is 0 Å². The zero-order valence-corrected chi connectivity index (χ0v) is 14.5. The second-order valence-corrected chi connectivity index (χ2v) is 6.49. The van der Waals surface area contributed by atoms with Gasteiger partial charge in [-0.2, -0.15) is 17.6 Å². The smallest absolute Gasteiger partial charge is 0.387 e. The van der Waals surface area contributed by atoms with Gasteiger partial charge in [0.05, 0.1) is 18.1 Å². The minimum Gasteiger partial charge on any atom is -0.431 e. The maximum Gasteiger partial charge on any atom is 0.387 e. The highest BCUT2D eigenvalue weighted by Gasteiger charge is 2.24. The first-order valence-corrected chi connectivity index (χ1v) is 8.66. The minimum atomic E-state index is -3.25. The van der Waals surface area contributed by atoms with Crippen LogP contribution in [0.3, 0.4) is 0 Å². The van der Waals surface area contributed by atoms with Crippen LogP contribution in [0, 0.1) is 0 Å². The third kappa shape index (κ3) is 5.06. The number of aliphatic hydroxyl groups excluding tert-OH is 1. The van der Waals surface area contributed by atoms with Gasteiger partial charge < -0.3 is 24.1 Å². The summed E-state index contributed by atoms with van der Waals surface area (Å²) >= 11 is 1.13. The summed E-state index contributed by atoms with van der Waals surface area (Å²) in [5.74, 6) is -1.18. The van der Waals surface area contributed by atoms with E-state index in [0.717, 1.165) is 29.9 Å². The quantitative estimate of drug-likeness (QED) is 0.701. The molecule has 0 amide bonds. The van der Waals surface area contributed by atoms with E-state index in [4.69, 9.17) is 9.47 Å². The number of ether oxygens (including phenoxy) is 4. The van der Waals surface area contributed by atoms with Gasteiger partial charge in [0.2, 0.25) is 0 Å². The second-order valence-electron chi connectivity index (χ2n) is 5.39. The SMILES string of the molecule is OC(c1ccc(OC(F)F)c(OC(F)F)c1)c1ncc(C2OCCCO2)s1. The number of benzene rings is 1. The molecular formula is C16H15F4NO5S. The average molecular weight is 409 g/mol. The highest BCUT2D eigenvalue weighted by Crippen LogP contribution is 2.37. The molecule has 2 aromatic rings. The summed E-state index contributed by atoms with van der Waals surface area (Å²) in [6.07, 6.45) is 0.416. The maximum atomic E-state index is 12.5. The summed E-state index contributed by atoms with van der Waals surface area (Å²) in [4.78, 5) is 4.74. The van der Waals surface area contributed by atoms with Crippen molar-refractivity contribution in [2.75, 3.05) is 13.2 Å². The lowest BCUT2D eigenvalue weighted by Crippen LogP contribution is -2.16. The van der Waals surface area contributed by atoms with Crippen molar-refractivity contribution in [3.05, 3.63) is 39.8 Å². The average Bonchev–Trinajstić information content (AvgIpc) is 3.12. The van der Waals surface area contributed by atoms with Crippen LogP contribution in [0.4, 0.5) is 17.6 Å². The first kappa shape index (κ1) is 19.8. The topological polar surface area (TPSA) is 70.0 Å². The molecule has 0 aliphatic carbocycles. The predicted octanol–water partition coefficient (Wildman–Crippen LogP) is 3.86. The Morgan fingerprint density at radius 2 is 1.74 bits per heavy atom. The first-order chi connectivity index (χ1) is 12.9. The fraction of sp³-hybridized carbons (Fsp3) is 0.438. The molecule has 1 fully saturated rings. The Hall–Kier alpha value is -1.95. The Labute approximate surface area is 155 Å². The highest BCUT2D eigenvalue weighted by atomic mass is 32.1. The van der Waals surface area contributed by atoms with E-state index in [-0.39, 0.29) is 10.6 Å². The minimum absolute atomic E-state index is 0.124. The molecule has 1 saturated heterocycles. The van der Waals surface area contributed by atoms with Crippen molar-refractivity contribution < 1.29 is 41.6 Å². The number of thiazole rings is 1. The van der Waals surface area contributed by atoms with Crippen LogP contribution >= 0.6 is 11.3 Å². The van der Waals surface area contributed by atoms with Crippen molar-refractivity contribution in [2.45, 2.75) is 32.0 Å². The van der Waals surface area contributed by atoms with Crippen LogP contribution in [-0.2, 0) is 9.47 Å². The molecule has 27 heavy (non-hydrogen) atoms. The van der Waals surface area contributed by atoms with Crippen LogP contribution in [0.25, 0.3) is 0 Å². The monoisotopic (exact) mass is 409 g/mol. The van der Waals surface area contributed by atoms with Gasteiger partial charge in [0.15, 0.2) is 17.8 Å². The molecule has 0 saturated carbocycles. The van der Waals surface area contributed by atoms with Gasteiger partial charge in [-0.25, -0.2) is 4.98 Å². The molecule has 148 valence electrons. The number of halogens is 4. The van der Waals surface area contributed by atoms with Crippen LogP contribution < -0.4 is 9.47 Å². The van der Waals surface area contributed by atoms with E-state index in [0.29, 0.717) is 18.1 Å². The third-order valence-corrected chi connectivity index (χ3v) is 4.62. The van der Waals surface area contributed by atoms with Crippen molar-refractivity contribution in [1.82, 2.24) is 4.98 Å². The Balaban J connectivity index is 1.81. The van der Waals surface area contributed by atoms with Crippen molar-refractivity contribution in [1.29, 1.82) is 0 Å². The Bertz CT molecular complexity index is 754. The van der Waals surface area contributed by atoms with Crippen LogP contribution in [-0.4, -0.2) is 36.5 Å². The molecule has 1 aliphatic rings. The van der Waals surface area contributed by atoms with Crippen molar-refractivity contribution >= 4 is 11.3 Å². The number of nitrogens with zero attached hydrogens (tertiary/aromatic N) is 1. The van der Waals surface area contributed by atoms with Crippen molar-refractivity contribution in [3.8, 4) is 11.5 Å². The lowest BCUT2D eigenvalue weighted by Gasteiger charge is -2.21. The number of hydrogen-bond acceptors (Lipinski definition) is 7. The molecule has 1 aromatic heterocycles. The van der Waals surface area contributed by atoms with Gasteiger partial charge in [-0.3, -0.25) is 0 Å². The zero-order chi connectivity index (χ0) is 19.4. The van der Waals surface area contributed by atoms with E-state index in [1.54, 1.807) is 0 Å². The highest BCUT2D eigenvalue weighted by molar-refractivity contribution is 7.11. The molecule has 6 nitrogen and oxygen atoms in total. The summed E-state index contributed by atoms with van der Waals surface area (Å²) < 4.78 is 69.1. The van der Waals surface area contributed by atoms with E-state index >= 15 is 0 Å². The Morgan fingerprint density at radius 1 is 1.07 bits per heavy atom. The van der Waals surface area contributed by atoms with Gasteiger partial charge in [0.1, 0.15) is 11.1 Å². The molecule has 1 unspecified atom stereocenters. The summed E-state index contributed by atoms with van der Waals surface area (Å²) in [6.45, 7) is -5.37. The Kier molecular flexibility index (Phi) is 6.47. The summed E-state index contributed by atoms with van der Waals surface area (Å²) in [7, 11) is 0. The fourth-order valence-electron chi connectivity index (χ4n) is 2.41. The zero-order valence-electron chi connectivity index (χ0n) is 13.7. The van der Waals surface area contributed by atoms with E-state index in [1.165, 1.54) is 12.3 Å². The van der Waals surface area contributed by atoms with Crippen LogP contribution in [0.15, 0.2) is 24.4 Å². The lowest BCUT2D eigenvalue weighted by molar-refractivity contribution is -0.181. The number of aliphatic hydroxyl groups is 1. The molecular weight excluding hydrogens is 394 g/mol. The predicted molar refractivity (Wildman–Crippen MR) is 85.1 cm³/mol. The van der Waals surface area contributed by atoms with Gasteiger partial charge in [-0.1, -0.05) is 6.07 Å². The van der Waals surface area contributed by atoms with E-state index in [2.05, 4.69) is 14.5 Å². The summed E-state index contributed by atoms with van der Waals surface area (Å²) in [5.41, 5.74) is 0.124. The number of aromatic nitrogens is 1. The van der Waals surface area contributed by atoms with E-state index < -0.39 is 37.1 Å². The number of hydrogen-bond donors (Lipinski definition) is 1. The van der Waals surface area contributed by atoms with Gasteiger partial charge in [-0.05, 0) is 24.1 Å². The standard InChI is InChI=1S/C16H15F4NO5S/c17-15(18)25-9-3-2-8(6-10(9)26-16(19)20)12(22)13-21-7-11(27-13)14-23-4-1-5-24-14/h2-3,6-7,12,14-16,22H,1,4-5H2. The Morgan fingerprint density at radius 3 is 2.41 bits per heavy atom. The molecule has 0 radical (unpaired) electrons. The molecule has 0 spiro atoms. The molecule has 1 atom stereocenters. The normalized spacial score (nSPS) is 16.7.